The predicted octanol–water partition coefficient (Wildman–Crippen LogP) is 0.949. The molecule has 1 rings (SSSR count). The number of nitrogens with two attached hydrogens (primary N) is 1. The lowest BCUT2D eigenvalue weighted by Gasteiger charge is -2.15. The van der Waals surface area contributed by atoms with Crippen molar-refractivity contribution in [1.29, 1.82) is 0 Å². The maximum absolute atomic E-state index is 10.8. The maximum Gasteiger partial charge on any atom is 0.146 e. The topological polar surface area (TPSA) is 43.1 Å². The highest BCUT2D eigenvalue weighted by Gasteiger charge is 2.33. The summed E-state index contributed by atoms with van der Waals surface area (Å²) in [7, 11) is 0. The fourth-order valence-electron chi connectivity index (χ4n) is 1.29. The van der Waals surface area contributed by atoms with Gasteiger partial charge in [-0.05, 0) is 31.6 Å². The van der Waals surface area contributed by atoms with E-state index in [1.54, 1.807) is 6.92 Å². The predicted molar refractivity (Wildman–Crippen MR) is 40.5 cm³/mol. The maximum atomic E-state index is 10.8. The largest absolute Gasteiger partial charge is 0.321 e. The molecule has 0 aliphatic heterocycles. The van der Waals surface area contributed by atoms with Crippen LogP contribution in [0, 0.1) is 11.8 Å². The van der Waals surface area contributed by atoms with Crippen molar-refractivity contribution >= 4 is 5.78 Å². The molecule has 0 radical (unpaired) electrons. The number of ketones is 1. The monoisotopic (exact) mass is 141 g/mol. The van der Waals surface area contributed by atoms with E-state index >= 15 is 0 Å². The van der Waals surface area contributed by atoms with E-state index in [1.165, 1.54) is 12.8 Å². The highest BCUT2D eigenvalue weighted by molar-refractivity contribution is 5.81. The molecule has 0 unspecified atom stereocenters. The molecule has 1 aliphatic rings. The van der Waals surface area contributed by atoms with Crippen molar-refractivity contribution in [2.24, 2.45) is 17.6 Å². The Hall–Kier alpha value is -0.370. The summed E-state index contributed by atoms with van der Waals surface area (Å²) in [5.41, 5.74) is 5.65. The van der Waals surface area contributed by atoms with Gasteiger partial charge in [-0.3, -0.25) is 4.79 Å². The van der Waals surface area contributed by atoms with Crippen LogP contribution in [-0.4, -0.2) is 11.8 Å². The average molecular weight is 141 g/mol. The van der Waals surface area contributed by atoms with Crippen molar-refractivity contribution in [1.82, 2.24) is 0 Å². The molecule has 0 heterocycles. The summed E-state index contributed by atoms with van der Waals surface area (Å²) in [5.74, 6) is 1.26. The Morgan fingerprint density at radius 2 is 2.10 bits per heavy atom. The van der Waals surface area contributed by atoms with Gasteiger partial charge in [0.25, 0.3) is 0 Å². The number of hydrogen-bond donors (Lipinski definition) is 1. The third-order valence-corrected chi connectivity index (χ3v) is 2.40. The molecule has 1 aliphatic carbocycles. The van der Waals surface area contributed by atoms with Crippen molar-refractivity contribution in [3.05, 3.63) is 0 Å². The van der Waals surface area contributed by atoms with E-state index in [-0.39, 0.29) is 11.8 Å². The van der Waals surface area contributed by atoms with Crippen LogP contribution in [0.4, 0.5) is 0 Å². The minimum absolute atomic E-state index is 0.124. The summed E-state index contributed by atoms with van der Waals surface area (Å²) >= 11 is 0. The van der Waals surface area contributed by atoms with Crippen molar-refractivity contribution < 1.29 is 4.79 Å². The Balaban J connectivity index is 2.38. The van der Waals surface area contributed by atoms with E-state index in [1.807, 2.05) is 0 Å². The van der Waals surface area contributed by atoms with E-state index in [9.17, 15) is 4.79 Å². The summed E-state index contributed by atoms with van der Waals surface area (Å²) < 4.78 is 0. The first-order chi connectivity index (χ1) is 4.63. The Morgan fingerprint density at radius 3 is 2.40 bits per heavy atom. The van der Waals surface area contributed by atoms with Gasteiger partial charge in [0, 0.05) is 0 Å². The van der Waals surface area contributed by atoms with Crippen molar-refractivity contribution in [2.75, 3.05) is 0 Å². The molecule has 1 fully saturated rings. The SMILES string of the molecule is CC(=O)[C@H](N)[C@H](C)C1CC1. The van der Waals surface area contributed by atoms with E-state index in [0.717, 1.165) is 5.92 Å². The number of carbonyl (C=O) groups excluding carboxylic acids is 1. The van der Waals surface area contributed by atoms with Crippen LogP contribution in [0.5, 0.6) is 0 Å². The number of hydrogen-bond acceptors (Lipinski definition) is 2. The molecule has 0 aromatic heterocycles. The molecule has 10 heavy (non-hydrogen) atoms. The second-order valence-electron chi connectivity index (χ2n) is 3.33. The number of carbonyl (C=O) groups is 1. The average Bonchev–Trinajstić information content (AvgIpc) is 2.65. The standard InChI is InChI=1S/C8H15NO/c1-5(7-3-4-7)8(9)6(2)10/h5,7-8H,3-4,9H2,1-2H3/t5-,8-/m1/s1. The quantitative estimate of drug-likeness (QED) is 0.636. The zero-order chi connectivity index (χ0) is 7.72. The molecule has 0 bridgehead atoms. The molecular weight excluding hydrogens is 126 g/mol. The zero-order valence-electron chi connectivity index (χ0n) is 6.63. The minimum atomic E-state index is -0.215. The van der Waals surface area contributed by atoms with Crippen LogP contribution in [0.2, 0.25) is 0 Å². The van der Waals surface area contributed by atoms with Gasteiger partial charge in [-0.25, -0.2) is 0 Å². The summed E-state index contributed by atoms with van der Waals surface area (Å²) in [6, 6.07) is -0.215. The normalized spacial score (nSPS) is 23.9. The molecule has 1 saturated carbocycles. The summed E-state index contributed by atoms with van der Waals surface area (Å²) in [6.07, 6.45) is 2.53. The first-order valence-corrected chi connectivity index (χ1v) is 3.89. The molecule has 2 heteroatoms. The second kappa shape index (κ2) is 2.70. The van der Waals surface area contributed by atoms with Crippen LogP contribution in [0.3, 0.4) is 0 Å². The zero-order valence-corrected chi connectivity index (χ0v) is 6.63. The van der Waals surface area contributed by atoms with Crippen LogP contribution in [0.15, 0.2) is 0 Å². The van der Waals surface area contributed by atoms with Crippen molar-refractivity contribution in [2.45, 2.75) is 32.7 Å². The van der Waals surface area contributed by atoms with E-state index in [4.69, 9.17) is 5.73 Å². The second-order valence-corrected chi connectivity index (χ2v) is 3.33. The third kappa shape index (κ3) is 1.57. The molecule has 0 aromatic carbocycles. The van der Waals surface area contributed by atoms with Crippen molar-refractivity contribution in [3.63, 3.8) is 0 Å². The Kier molecular flexibility index (Phi) is 2.09. The van der Waals surface area contributed by atoms with Crippen LogP contribution in [0.1, 0.15) is 26.7 Å². The Morgan fingerprint density at radius 1 is 1.60 bits per heavy atom. The highest BCUT2D eigenvalue weighted by Crippen LogP contribution is 2.37. The van der Waals surface area contributed by atoms with Gasteiger partial charge in [0.05, 0.1) is 6.04 Å². The van der Waals surface area contributed by atoms with Gasteiger partial charge in [0.2, 0.25) is 0 Å². The van der Waals surface area contributed by atoms with E-state index in [2.05, 4.69) is 6.92 Å². The summed E-state index contributed by atoms with van der Waals surface area (Å²) in [4.78, 5) is 10.8. The van der Waals surface area contributed by atoms with Gasteiger partial charge < -0.3 is 5.73 Å². The third-order valence-electron chi connectivity index (χ3n) is 2.40. The van der Waals surface area contributed by atoms with Crippen LogP contribution in [-0.2, 0) is 4.79 Å². The van der Waals surface area contributed by atoms with Gasteiger partial charge in [0.15, 0.2) is 0 Å². The number of Topliss-reactive ketones (excluding diaryl/α,β-unsaturated/α-hetero) is 1. The first kappa shape index (κ1) is 7.73. The van der Waals surface area contributed by atoms with Gasteiger partial charge in [-0.15, -0.1) is 0 Å². The minimum Gasteiger partial charge on any atom is -0.321 e. The number of rotatable bonds is 3. The molecule has 2 atom stereocenters. The Bertz CT molecular complexity index is 140. The van der Waals surface area contributed by atoms with Crippen molar-refractivity contribution in [3.8, 4) is 0 Å². The molecule has 0 spiro atoms. The molecule has 58 valence electrons. The highest BCUT2D eigenvalue weighted by atomic mass is 16.1. The van der Waals surface area contributed by atoms with Crippen LogP contribution < -0.4 is 5.73 Å². The first-order valence-electron chi connectivity index (χ1n) is 3.89. The lowest BCUT2D eigenvalue weighted by atomic mass is 9.95. The van der Waals surface area contributed by atoms with Crippen LogP contribution in [0.25, 0.3) is 0 Å². The van der Waals surface area contributed by atoms with Gasteiger partial charge in [0.1, 0.15) is 5.78 Å². The fourth-order valence-corrected chi connectivity index (χ4v) is 1.29. The molecule has 2 N–H and O–H groups in total. The fraction of sp³-hybridized carbons (Fsp3) is 0.875. The molecule has 2 nitrogen and oxygen atoms in total. The smallest absolute Gasteiger partial charge is 0.146 e. The molecular formula is C8H15NO. The molecule has 0 saturated heterocycles. The Labute approximate surface area is 61.8 Å². The lowest BCUT2D eigenvalue weighted by molar-refractivity contribution is -0.119. The van der Waals surface area contributed by atoms with Gasteiger partial charge in [-0.1, -0.05) is 6.92 Å². The lowest BCUT2D eigenvalue weighted by Crippen LogP contribution is -2.36. The summed E-state index contributed by atoms with van der Waals surface area (Å²) in [5, 5.41) is 0. The van der Waals surface area contributed by atoms with Gasteiger partial charge in [-0.2, -0.15) is 0 Å². The molecule has 0 aromatic rings. The van der Waals surface area contributed by atoms with Crippen LogP contribution >= 0.6 is 0 Å². The van der Waals surface area contributed by atoms with E-state index in [0.29, 0.717) is 5.92 Å². The summed E-state index contributed by atoms with van der Waals surface area (Å²) in [6.45, 7) is 3.65. The van der Waals surface area contributed by atoms with E-state index < -0.39 is 0 Å². The molecule has 0 amide bonds. The van der Waals surface area contributed by atoms with Gasteiger partial charge >= 0.3 is 0 Å².